The van der Waals surface area contributed by atoms with Crippen LogP contribution in [0.2, 0.25) is 0 Å². The first-order valence-electron chi connectivity index (χ1n) is 5.88. The predicted octanol–water partition coefficient (Wildman–Crippen LogP) is 2.45. The Labute approximate surface area is 85.8 Å². The summed E-state index contributed by atoms with van der Waals surface area (Å²) in [4.78, 5) is 2.27. The van der Waals surface area contributed by atoms with Crippen molar-refractivity contribution in [1.82, 2.24) is 4.90 Å². The predicted molar refractivity (Wildman–Crippen MR) is 56.6 cm³/mol. The van der Waals surface area contributed by atoms with Gasteiger partial charge >= 0.3 is 0 Å². The van der Waals surface area contributed by atoms with Crippen LogP contribution in [0.15, 0.2) is 5.16 Å². The van der Waals surface area contributed by atoms with E-state index in [9.17, 15) is 0 Å². The van der Waals surface area contributed by atoms with E-state index in [0.29, 0.717) is 5.92 Å². The number of rotatable bonds is 1. The molecule has 0 aromatic heterocycles. The van der Waals surface area contributed by atoms with Gasteiger partial charge < -0.3 is 10.1 Å². The van der Waals surface area contributed by atoms with Crippen LogP contribution in [-0.2, 0) is 0 Å². The van der Waals surface area contributed by atoms with E-state index < -0.39 is 0 Å². The third-order valence-electron chi connectivity index (χ3n) is 3.50. The maximum atomic E-state index is 9.08. The van der Waals surface area contributed by atoms with Gasteiger partial charge in [0.1, 0.15) is 5.84 Å². The van der Waals surface area contributed by atoms with Crippen LogP contribution >= 0.6 is 0 Å². The van der Waals surface area contributed by atoms with Gasteiger partial charge in [-0.3, -0.25) is 0 Å². The van der Waals surface area contributed by atoms with Gasteiger partial charge in [0.05, 0.1) is 0 Å². The maximum Gasteiger partial charge on any atom is 0.147 e. The number of nitrogens with zero attached hydrogens (tertiary/aromatic N) is 2. The number of amidine groups is 1. The minimum atomic E-state index is 0.534. The number of hydrogen-bond donors (Lipinski definition) is 1. The average Bonchev–Trinajstić information content (AvgIpc) is 2.74. The summed E-state index contributed by atoms with van der Waals surface area (Å²) in [7, 11) is 0. The van der Waals surface area contributed by atoms with Crippen LogP contribution in [0.1, 0.15) is 44.9 Å². The molecule has 0 unspecified atom stereocenters. The molecule has 0 aromatic rings. The highest BCUT2D eigenvalue weighted by molar-refractivity contribution is 5.84. The second kappa shape index (κ2) is 4.67. The lowest BCUT2D eigenvalue weighted by Gasteiger charge is -2.28. The second-order valence-electron chi connectivity index (χ2n) is 4.49. The number of hydrogen-bond acceptors (Lipinski definition) is 2. The molecule has 1 saturated carbocycles. The van der Waals surface area contributed by atoms with Crippen LogP contribution in [0.25, 0.3) is 0 Å². The largest absolute Gasteiger partial charge is 0.409 e. The Bertz CT molecular complexity index is 203. The Morgan fingerprint density at radius 2 is 1.64 bits per heavy atom. The zero-order valence-electron chi connectivity index (χ0n) is 8.78. The normalized spacial score (nSPS) is 25.7. The van der Waals surface area contributed by atoms with Crippen molar-refractivity contribution in [2.45, 2.75) is 44.9 Å². The molecule has 0 aromatic carbocycles. The molecule has 3 nitrogen and oxygen atoms in total. The molecule has 0 radical (unpaired) electrons. The maximum absolute atomic E-state index is 9.08. The Balaban J connectivity index is 1.97. The van der Waals surface area contributed by atoms with Crippen molar-refractivity contribution in [1.29, 1.82) is 0 Å². The Kier molecular flexibility index (Phi) is 3.27. The van der Waals surface area contributed by atoms with Gasteiger partial charge in [0.15, 0.2) is 0 Å². The van der Waals surface area contributed by atoms with Gasteiger partial charge in [-0.2, -0.15) is 0 Å². The van der Waals surface area contributed by atoms with E-state index in [4.69, 9.17) is 5.21 Å². The molecular weight excluding hydrogens is 176 g/mol. The van der Waals surface area contributed by atoms with Gasteiger partial charge in [0.2, 0.25) is 0 Å². The molecule has 80 valence electrons. The van der Waals surface area contributed by atoms with Crippen LogP contribution in [0.3, 0.4) is 0 Å². The van der Waals surface area contributed by atoms with Crippen molar-refractivity contribution < 1.29 is 5.21 Å². The minimum Gasteiger partial charge on any atom is -0.409 e. The Morgan fingerprint density at radius 1 is 1.00 bits per heavy atom. The molecule has 0 bridgehead atoms. The summed E-state index contributed by atoms with van der Waals surface area (Å²) >= 11 is 0. The van der Waals surface area contributed by atoms with Crippen LogP contribution in [0, 0.1) is 5.92 Å². The molecule has 2 fully saturated rings. The highest BCUT2D eigenvalue weighted by Crippen LogP contribution is 2.27. The molecular formula is C11H20N2O. The first kappa shape index (κ1) is 9.81. The molecule has 0 spiro atoms. The molecule has 1 aliphatic heterocycles. The van der Waals surface area contributed by atoms with E-state index in [1.807, 2.05) is 0 Å². The minimum absolute atomic E-state index is 0.534. The summed E-state index contributed by atoms with van der Waals surface area (Å²) in [5.41, 5.74) is 0. The van der Waals surface area contributed by atoms with Gasteiger partial charge in [-0.1, -0.05) is 24.4 Å². The fraction of sp³-hybridized carbons (Fsp3) is 0.909. The van der Waals surface area contributed by atoms with Gasteiger partial charge in [-0.25, -0.2) is 0 Å². The third-order valence-corrected chi connectivity index (χ3v) is 3.50. The summed E-state index contributed by atoms with van der Waals surface area (Å²) in [6.07, 6.45) is 8.91. The van der Waals surface area contributed by atoms with Crippen molar-refractivity contribution in [3.05, 3.63) is 0 Å². The van der Waals surface area contributed by atoms with Gasteiger partial charge in [0.25, 0.3) is 0 Å². The first-order valence-corrected chi connectivity index (χ1v) is 5.88. The van der Waals surface area contributed by atoms with Gasteiger partial charge in [-0.05, 0) is 25.7 Å². The fourth-order valence-electron chi connectivity index (χ4n) is 2.71. The molecule has 1 heterocycles. The van der Waals surface area contributed by atoms with Crippen LogP contribution in [-0.4, -0.2) is 29.0 Å². The van der Waals surface area contributed by atoms with Gasteiger partial charge in [0, 0.05) is 19.0 Å². The molecule has 14 heavy (non-hydrogen) atoms. The number of oxime groups is 1. The zero-order valence-corrected chi connectivity index (χ0v) is 8.78. The van der Waals surface area contributed by atoms with E-state index in [1.54, 1.807) is 0 Å². The standard InChI is InChI=1S/C11H20N2O/c14-12-11(13-8-4-5-9-13)10-6-2-1-3-7-10/h10,14H,1-9H2/b12-11-. The lowest BCUT2D eigenvalue weighted by atomic mass is 9.88. The average molecular weight is 196 g/mol. The third kappa shape index (κ3) is 2.02. The smallest absolute Gasteiger partial charge is 0.147 e. The van der Waals surface area contributed by atoms with Crippen molar-refractivity contribution in [2.75, 3.05) is 13.1 Å². The molecule has 2 aliphatic rings. The first-order chi connectivity index (χ1) is 6.92. The highest BCUT2D eigenvalue weighted by atomic mass is 16.4. The highest BCUT2D eigenvalue weighted by Gasteiger charge is 2.26. The summed E-state index contributed by atoms with van der Waals surface area (Å²) < 4.78 is 0. The van der Waals surface area contributed by atoms with Crippen molar-refractivity contribution >= 4 is 5.84 Å². The molecule has 1 aliphatic carbocycles. The summed E-state index contributed by atoms with van der Waals surface area (Å²) in [5, 5.41) is 12.6. The van der Waals surface area contributed by atoms with Crippen molar-refractivity contribution in [2.24, 2.45) is 11.1 Å². The Morgan fingerprint density at radius 3 is 2.21 bits per heavy atom. The van der Waals surface area contributed by atoms with E-state index in [1.165, 1.54) is 44.9 Å². The summed E-state index contributed by atoms with van der Waals surface area (Å²) in [6, 6.07) is 0. The monoisotopic (exact) mass is 196 g/mol. The van der Waals surface area contributed by atoms with Crippen molar-refractivity contribution in [3.8, 4) is 0 Å². The lowest BCUT2D eigenvalue weighted by Crippen LogP contribution is -2.35. The lowest BCUT2D eigenvalue weighted by molar-refractivity contribution is 0.288. The SMILES string of the molecule is O/N=C(/C1CCCCC1)N1CCCC1. The Hall–Kier alpha value is -0.730. The molecule has 0 amide bonds. The van der Waals surface area contributed by atoms with Crippen LogP contribution < -0.4 is 0 Å². The van der Waals surface area contributed by atoms with Crippen molar-refractivity contribution in [3.63, 3.8) is 0 Å². The zero-order chi connectivity index (χ0) is 9.80. The molecule has 1 saturated heterocycles. The van der Waals surface area contributed by atoms with Crippen LogP contribution in [0.4, 0.5) is 0 Å². The summed E-state index contributed by atoms with van der Waals surface area (Å²) in [6.45, 7) is 2.19. The van der Waals surface area contributed by atoms with E-state index in [2.05, 4.69) is 10.1 Å². The van der Waals surface area contributed by atoms with E-state index in [0.717, 1.165) is 18.9 Å². The molecule has 0 atom stereocenters. The molecule has 2 rings (SSSR count). The fourth-order valence-corrected chi connectivity index (χ4v) is 2.71. The molecule has 3 heteroatoms. The van der Waals surface area contributed by atoms with E-state index >= 15 is 0 Å². The van der Waals surface area contributed by atoms with Gasteiger partial charge in [-0.15, -0.1) is 0 Å². The quantitative estimate of drug-likeness (QED) is 0.302. The van der Waals surface area contributed by atoms with E-state index in [-0.39, 0.29) is 0 Å². The molecule has 1 N–H and O–H groups in total. The number of likely N-dealkylation sites (tertiary alicyclic amines) is 1. The topological polar surface area (TPSA) is 35.8 Å². The summed E-state index contributed by atoms with van der Waals surface area (Å²) in [5.74, 6) is 1.51. The van der Waals surface area contributed by atoms with Crippen LogP contribution in [0.5, 0.6) is 0 Å². The second-order valence-corrected chi connectivity index (χ2v) is 4.49.